The molecule has 0 radical (unpaired) electrons. The van der Waals surface area contributed by atoms with E-state index in [1.54, 1.807) is 26.0 Å². The fourth-order valence-corrected chi connectivity index (χ4v) is 2.42. The highest BCUT2D eigenvalue weighted by molar-refractivity contribution is 14.1. The number of aromatic amines is 1. The van der Waals surface area contributed by atoms with E-state index in [1.165, 1.54) is 6.07 Å². The molecule has 0 aliphatic carbocycles. The quantitative estimate of drug-likeness (QED) is 0.786. The van der Waals surface area contributed by atoms with Crippen LogP contribution in [0.15, 0.2) is 23.0 Å². The van der Waals surface area contributed by atoms with E-state index in [0.717, 1.165) is 3.57 Å². The van der Waals surface area contributed by atoms with Gasteiger partial charge >= 0.3 is 0 Å². The van der Waals surface area contributed by atoms with Gasteiger partial charge in [-0.1, -0.05) is 0 Å². The average Bonchev–Trinajstić information content (AvgIpc) is 2.34. The summed E-state index contributed by atoms with van der Waals surface area (Å²) in [5.74, 6) is -0.344. The molecule has 3 nitrogen and oxygen atoms in total. The van der Waals surface area contributed by atoms with Gasteiger partial charge in [0.05, 0.1) is 0 Å². The number of aryl methyl sites for hydroxylation is 1. The summed E-state index contributed by atoms with van der Waals surface area (Å²) in [6.07, 6.45) is 0. The second kappa shape index (κ2) is 5.13. The van der Waals surface area contributed by atoms with Gasteiger partial charge in [-0.25, -0.2) is 4.39 Å². The van der Waals surface area contributed by atoms with Crippen molar-refractivity contribution in [3.8, 4) is 17.2 Å². The Labute approximate surface area is 123 Å². The first-order chi connectivity index (χ1) is 8.93. The zero-order valence-electron chi connectivity index (χ0n) is 10.3. The maximum Gasteiger partial charge on any atom is 0.266 e. The van der Waals surface area contributed by atoms with Crippen molar-refractivity contribution in [3.63, 3.8) is 0 Å². The van der Waals surface area contributed by atoms with E-state index in [1.807, 2.05) is 28.7 Å². The van der Waals surface area contributed by atoms with E-state index in [0.29, 0.717) is 22.4 Å². The Balaban J connectivity index is 2.80. The van der Waals surface area contributed by atoms with Gasteiger partial charge in [-0.05, 0) is 65.8 Å². The molecule has 0 aliphatic heterocycles. The van der Waals surface area contributed by atoms with Crippen LogP contribution in [0.25, 0.3) is 11.1 Å². The van der Waals surface area contributed by atoms with Crippen LogP contribution in [0.5, 0.6) is 0 Å². The van der Waals surface area contributed by atoms with Crippen molar-refractivity contribution in [2.75, 3.05) is 0 Å². The summed E-state index contributed by atoms with van der Waals surface area (Å²) in [6, 6.07) is 6.68. The molecule has 5 heteroatoms. The number of halogens is 2. The molecule has 0 amide bonds. The molecule has 0 saturated carbocycles. The lowest BCUT2D eigenvalue weighted by Gasteiger charge is -2.08. The second-order valence-electron chi connectivity index (χ2n) is 4.25. The Morgan fingerprint density at radius 3 is 2.58 bits per heavy atom. The normalized spacial score (nSPS) is 10.3. The Bertz CT molecular complexity index is 736. The lowest BCUT2D eigenvalue weighted by molar-refractivity contribution is 0.617. The molecule has 1 aromatic carbocycles. The Morgan fingerprint density at radius 1 is 1.32 bits per heavy atom. The molecule has 0 unspecified atom stereocenters. The number of hydrogen-bond donors (Lipinski definition) is 1. The summed E-state index contributed by atoms with van der Waals surface area (Å²) in [4.78, 5) is 14.3. The van der Waals surface area contributed by atoms with E-state index in [-0.39, 0.29) is 11.4 Å². The van der Waals surface area contributed by atoms with E-state index < -0.39 is 5.56 Å². The highest BCUT2D eigenvalue weighted by Crippen LogP contribution is 2.27. The van der Waals surface area contributed by atoms with Crippen LogP contribution in [-0.2, 0) is 0 Å². The van der Waals surface area contributed by atoms with Crippen molar-refractivity contribution in [2.24, 2.45) is 0 Å². The first kappa shape index (κ1) is 13.7. The summed E-state index contributed by atoms with van der Waals surface area (Å²) in [7, 11) is 0. The van der Waals surface area contributed by atoms with Crippen LogP contribution in [0.1, 0.15) is 16.8 Å². The molecule has 19 heavy (non-hydrogen) atoms. The van der Waals surface area contributed by atoms with E-state index in [2.05, 4.69) is 4.98 Å². The van der Waals surface area contributed by atoms with Gasteiger partial charge in [0.1, 0.15) is 17.4 Å². The first-order valence-corrected chi connectivity index (χ1v) is 6.62. The summed E-state index contributed by atoms with van der Waals surface area (Å²) in [6.45, 7) is 3.41. The van der Waals surface area contributed by atoms with Crippen LogP contribution >= 0.6 is 22.6 Å². The number of H-pyrrole nitrogens is 1. The third kappa shape index (κ3) is 2.54. The summed E-state index contributed by atoms with van der Waals surface area (Å²) >= 11 is 2.03. The zero-order valence-corrected chi connectivity index (χ0v) is 12.5. The minimum Gasteiger partial charge on any atom is -0.325 e. The van der Waals surface area contributed by atoms with Crippen LogP contribution in [0.3, 0.4) is 0 Å². The fourth-order valence-electron chi connectivity index (χ4n) is 1.83. The third-order valence-electron chi connectivity index (χ3n) is 2.87. The SMILES string of the molecule is Cc1cc(-c2cc(F)c(C)c(I)c2)c(C#N)c(=O)[nH]1. The predicted molar refractivity (Wildman–Crippen MR) is 79.4 cm³/mol. The molecule has 96 valence electrons. The van der Waals surface area contributed by atoms with Gasteiger partial charge in [-0.2, -0.15) is 5.26 Å². The number of hydrogen-bond acceptors (Lipinski definition) is 2. The smallest absolute Gasteiger partial charge is 0.266 e. The molecular formula is C14H10FIN2O. The fraction of sp³-hybridized carbons (Fsp3) is 0.143. The minimum atomic E-state index is -0.450. The van der Waals surface area contributed by atoms with Crippen LogP contribution in [0.4, 0.5) is 4.39 Å². The molecule has 2 rings (SSSR count). The summed E-state index contributed by atoms with van der Waals surface area (Å²) in [5.41, 5.74) is 1.75. The number of aromatic nitrogens is 1. The van der Waals surface area contributed by atoms with Crippen LogP contribution < -0.4 is 5.56 Å². The lowest BCUT2D eigenvalue weighted by Crippen LogP contribution is -2.12. The Morgan fingerprint density at radius 2 is 2.00 bits per heavy atom. The molecule has 1 N–H and O–H groups in total. The number of nitrogens with zero attached hydrogens (tertiary/aromatic N) is 1. The average molecular weight is 368 g/mol. The summed E-state index contributed by atoms with van der Waals surface area (Å²) < 4.78 is 14.5. The molecule has 0 spiro atoms. The number of nitriles is 1. The standard InChI is InChI=1S/C14H10FIN2O/c1-7-3-10(11(6-17)14(19)18-7)9-4-12(15)8(2)13(16)5-9/h3-5H,1-2H3,(H,18,19). The van der Waals surface area contributed by atoms with Gasteiger partial charge in [-0.15, -0.1) is 0 Å². The van der Waals surface area contributed by atoms with E-state index in [4.69, 9.17) is 5.26 Å². The number of rotatable bonds is 1. The molecule has 0 saturated heterocycles. The molecule has 2 aromatic rings. The summed E-state index contributed by atoms with van der Waals surface area (Å²) in [5, 5.41) is 9.08. The molecule has 0 aliphatic rings. The monoisotopic (exact) mass is 368 g/mol. The van der Waals surface area contributed by atoms with Gasteiger partial charge < -0.3 is 4.98 Å². The van der Waals surface area contributed by atoms with E-state index >= 15 is 0 Å². The van der Waals surface area contributed by atoms with Gasteiger partial charge in [0.25, 0.3) is 5.56 Å². The van der Waals surface area contributed by atoms with Crippen molar-refractivity contribution in [1.82, 2.24) is 4.98 Å². The van der Waals surface area contributed by atoms with Crippen molar-refractivity contribution in [3.05, 3.63) is 54.8 Å². The molecule has 0 atom stereocenters. The molecule has 1 aromatic heterocycles. The van der Waals surface area contributed by atoms with Crippen molar-refractivity contribution < 1.29 is 4.39 Å². The van der Waals surface area contributed by atoms with Crippen LogP contribution in [-0.4, -0.2) is 4.98 Å². The van der Waals surface area contributed by atoms with Gasteiger partial charge in [0.2, 0.25) is 0 Å². The molecule has 1 heterocycles. The second-order valence-corrected chi connectivity index (χ2v) is 5.41. The maximum atomic E-state index is 13.8. The van der Waals surface area contributed by atoms with Crippen LogP contribution in [0.2, 0.25) is 0 Å². The van der Waals surface area contributed by atoms with Crippen LogP contribution in [0, 0.1) is 34.6 Å². The minimum absolute atomic E-state index is 0.00431. The molecule has 0 fully saturated rings. The van der Waals surface area contributed by atoms with Gasteiger partial charge in [0.15, 0.2) is 0 Å². The van der Waals surface area contributed by atoms with Crippen molar-refractivity contribution in [2.45, 2.75) is 13.8 Å². The predicted octanol–water partition coefficient (Wildman–Crippen LogP) is 3.27. The largest absolute Gasteiger partial charge is 0.325 e. The third-order valence-corrected chi connectivity index (χ3v) is 3.99. The lowest BCUT2D eigenvalue weighted by atomic mass is 10.00. The van der Waals surface area contributed by atoms with Gasteiger partial charge in [-0.3, -0.25) is 4.79 Å². The van der Waals surface area contributed by atoms with Crippen molar-refractivity contribution in [1.29, 1.82) is 5.26 Å². The van der Waals surface area contributed by atoms with Gasteiger partial charge in [0, 0.05) is 14.8 Å². The Kier molecular flexibility index (Phi) is 3.71. The molecule has 0 bridgehead atoms. The van der Waals surface area contributed by atoms with Crippen molar-refractivity contribution >= 4 is 22.6 Å². The highest BCUT2D eigenvalue weighted by Gasteiger charge is 2.13. The first-order valence-electron chi connectivity index (χ1n) is 5.54. The van der Waals surface area contributed by atoms with E-state index in [9.17, 15) is 9.18 Å². The highest BCUT2D eigenvalue weighted by atomic mass is 127. The number of benzene rings is 1. The topological polar surface area (TPSA) is 56.6 Å². The Hall–Kier alpha value is -1.68. The zero-order chi connectivity index (χ0) is 14.2. The number of nitrogens with one attached hydrogen (secondary N) is 1. The molecular weight excluding hydrogens is 358 g/mol. The number of pyridine rings is 1. The maximum absolute atomic E-state index is 13.8.